The molecule has 1 aromatic carbocycles. The molecule has 0 spiro atoms. The minimum Gasteiger partial charge on any atom is -0.411 e. The Labute approximate surface area is 154 Å². The third-order valence-corrected chi connectivity index (χ3v) is 5.42. The quantitative estimate of drug-likeness (QED) is 0.649. The molecule has 3 rings (SSSR count). The number of carbonyl (C=O) groups is 1. The fraction of sp³-hybridized carbons (Fsp3) is 0.278. The predicted molar refractivity (Wildman–Crippen MR) is 101 cm³/mol. The van der Waals surface area contributed by atoms with Crippen LogP contribution in [0.1, 0.15) is 29.0 Å². The maximum Gasteiger partial charge on any atom is 0.277 e. The number of aromatic nitrogens is 2. The van der Waals surface area contributed by atoms with Gasteiger partial charge in [-0.2, -0.15) is 0 Å². The first kappa shape index (κ1) is 17.7. The highest BCUT2D eigenvalue weighted by Crippen LogP contribution is 2.25. The first-order valence-electron chi connectivity index (χ1n) is 7.89. The van der Waals surface area contributed by atoms with Crippen molar-refractivity contribution in [2.45, 2.75) is 32.0 Å². The van der Waals surface area contributed by atoms with E-state index in [0.717, 1.165) is 21.6 Å². The average Bonchev–Trinajstić information content (AvgIpc) is 3.24. The normalized spacial score (nSPS) is 12.1. The topological polar surface area (TPSA) is 68.0 Å². The van der Waals surface area contributed by atoms with Gasteiger partial charge in [0.2, 0.25) is 11.8 Å². The van der Waals surface area contributed by atoms with E-state index in [1.54, 1.807) is 11.3 Å². The van der Waals surface area contributed by atoms with Crippen molar-refractivity contribution in [1.29, 1.82) is 0 Å². The summed E-state index contributed by atoms with van der Waals surface area (Å²) in [7, 11) is 0. The zero-order chi connectivity index (χ0) is 17.8. The summed E-state index contributed by atoms with van der Waals surface area (Å²) < 4.78 is 5.67. The number of nitrogens with zero attached hydrogens (tertiary/aromatic N) is 2. The third-order valence-electron chi connectivity index (χ3n) is 3.55. The van der Waals surface area contributed by atoms with E-state index < -0.39 is 0 Å². The molecule has 0 saturated carbocycles. The van der Waals surface area contributed by atoms with E-state index >= 15 is 0 Å². The zero-order valence-electron chi connectivity index (χ0n) is 14.3. The maximum atomic E-state index is 12.1. The summed E-state index contributed by atoms with van der Waals surface area (Å²) >= 11 is 2.87. The van der Waals surface area contributed by atoms with Crippen LogP contribution in [0.3, 0.4) is 0 Å². The number of aryl methyl sites for hydroxylation is 2. The van der Waals surface area contributed by atoms with Crippen LogP contribution in [-0.2, 0) is 4.79 Å². The van der Waals surface area contributed by atoms with Crippen LogP contribution in [0.25, 0.3) is 11.5 Å². The fourth-order valence-electron chi connectivity index (χ4n) is 2.50. The first-order chi connectivity index (χ1) is 12.0. The van der Waals surface area contributed by atoms with Gasteiger partial charge in [-0.1, -0.05) is 35.0 Å². The van der Waals surface area contributed by atoms with Crippen LogP contribution in [0.5, 0.6) is 0 Å². The third kappa shape index (κ3) is 4.70. The largest absolute Gasteiger partial charge is 0.411 e. The number of hydrogen-bond acceptors (Lipinski definition) is 6. The molecule has 0 bridgehead atoms. The molecule has 25 heavy (non-hydrogen) atoms. The number of rotatable bonds is 6. The highest BCUT2D eigenvalue weighted by Gasteiger charge is 2.14. The van der Waals surface area contributed by atoms with Crippen molar-refractivity contribution in [3.05, 3.63) is 51.7 Å². The first-order valence-corrected chi connectivity index (χ1v) is 9.75. The number of benzene rings is 1. The van der Waals surface area contributed by atoms with E-state index in [-0.39, 0.29) is 17.7 Å². The zero-order valence-corrected chi connectivity index (χ0v) is 15.9. The molecule has 0 aliphatic rings. The highest BCUT2D eigenvalue weighted by atomic mass is 32.2. The number of carbonyl (C=O) groups excluding carboxylic acids is 1. The number of hydrogen-bond donors (Lipinski definition) is 1. The Hall–Kier alpha value is -2.12. The van der Waals surface area contributed by atoms with Gasteiger partial charge >= 0.3 is 0 Å². The monoisotopic (exact) mass is 373 g/mol. The molecule has 2 aromatic heterocycles. The van der Waals surface area contributed by atoms with Crippen molar-refractivity contribution < 1.29 is 9.21 Å². The predicted octanol–water partition coefficient (Wildman–Crippen LogP) is 4.38. The molecular weight excluding hydrogens is 354 g/mol. The Morgan fingerprint density at radius 3 is 2.72 bits per heavy atom. The lowest BCUT2D eigenvalue weighted by atomic mass is 10.1. The van der Waals surface area contributed by atoms with E-state index in [1.807, 2.05) is 50.4 Å². The molecular formula is C18H19N3O2S2. The van der Waals surface area contributed by atoms with Gasteiger partial charge in [-0.3, -0.25) is 4.79 Å². The van der Waals surface area contributed by atoms with Crippen molar-refractivity contribution in [3.63, 3.8) is 0 Å². The van der Waals surface area contributed by atoms with Gasteiger partial charge in [-0.25, -0.2) is 0 Å². The Morgan fingerprint density at radius 2 is 2.04 bits per heavy atom. The lowest BCUT2D eigenvalue weighted by Crippen LogP contribution is -2.27. The lowest BCUT2D eigenvalue weighted by molar-refractivity contribution is -0.119. The maximum absolute atomic E-state index is 12.1. The lowest BCUT2D eigenvalue weighted by Gasteiger charge is -2.11. The molecule has 1 N–H and O–H groups in total. The fourth-order valence-corrected chi connectivity index (χ4v) is 3.81. The molecule has 7 heteroatoms. The Kier molecular flexibility index (Phi) is 5.55. The standard InChI is InChI=1S/C18H19N3O2S2/c1-11-7-12(2)9-14(8-11)17-20-21-18(23-17)25-10-16(22)19-13(3)15-5-4-6-24-15/h4-9,13H,10H2,1-3H3,(H,19,22)/t13-/m0/s1. The van der Waals surface area contributed by atoms with Crippen LogP contribution in [0.2, 0.25) is 0 Å². The summed E-state index contributed by atoms with van der Waals surface area (Å²) in [6.07, 6.45) is 0. The van der Waals surface area contributed by atoms with E-state index in [9.17, 15) is 4.79 Å². The minimum atomic E-state index is -0.0583. The second kappa shape index (κ2) is 7.84. The second-order valence-electron chi connectivity index (χ2n) is 5.84. The highest BCUT2D eigenvalue weighted by molar-refractivity contribution is 7.99. The number of thioether (sulfide) groups is 1. The molecule has 130 valence electrons. The summed E-state index contributed by atoms with van der Waals surface area (Å²) in [6, 6.07) is 10.1. The molecule has 0 aliphatic carbocycles. The molecule has 0 fully saturated rings. The van der Waals surface area contributed by atoms with Crippen molar-refractivity contribution in [2.75, 3.05) is 5.75 Å². The van der Waals surface area contributed by atoms with Gasteiger partial charge in [0.05, 0.1) is 11.8 Å². The summed E-state index contributed by atoms with van der Waals surface area (Å²) in [5.41, 5.74) is 3.18. The Bertz CT molecular complexity index is 839. The van der Waals surface area contributed by atoms with Gasteiger partial charge < -0.3 is 9.73 Å². The molecule has 3 aromatic rings. The smallest absolute Gasteiger partial charge is 0.277 e. The average molecular weight is 374 g/mol. The van der Waals surface area contributed by atoms with Crippen LogP contribution in [0.15, 0.2) is 45.4 Å². The van der Waals surface area contributed by atoms with Crippen LogP contribution in [0, 0.1) is 13.8 Å². The minimum absolute atomic E-state index is 0.00150. The molecule has 5 nitrogen and oxygen atoms in total. The van der Waals surface area contributed by atoms with Crippen molar-refractivity contribution in [2.24, 2.45) is 0 Å². The molecule has 2 heterocycles. The molecule has 0 aliphatic heterocycles. The van der Waals surface area contributed by atoms with Crippen molar-refractivity contribution in [1.82, 2.24) is 15.5 Å². The van der Waals surface area contributed by atoms with Gasteiger partial charge in [-0.05, 0) is 44.4 Å². The molecule has 0 saturated heterocycles. The summed E-state index contributed by atoms with van der Waals surface area (Å²) in [5.74, 6) is 0.656. The van der Waals surface area contributed by atoms with Gasteiger partial charge in [-0.15, -0.1) is 21.5 Å². The van der Waals surface area contributed by atoms with Crippen LogP contribution >= 0.6 is 23.1 Å². The number of nitrogens with one attached hydrogen (secondary N) is 1. The summed E-state index contributed by atoms with van der Waals surface area (Å²) in [6.45, 7) is 6.03. The van der Waals surface area contributed by atoms with Crippen molar-refractivity contribution >= 4 is 29.0 Å². The molecule has 1 atom stereocenters. The van der Waals surface area contributed by atoms with E-state index in [0.29, 0.717) is 11.1 Å². The van der Waals surface area contributed by atoms with Gasteiger partial charge in [0.1, 0.15) is 0 Å². The van der Waals surface area contributed by atoms with Crippen LogP contribution in [-0.4, -0.2) is 21.9 Å². The van der Waals surface area contributed by atoms with E-state index in [4.69, 9.17) is 4.42 Å². The van der Waals surface area contributed by atoms with Crippen molar-refractivity contribution in [3.8, 4) is 11.5 Å². The number of thiophene rings is 1. The van der Waals surface area contributed by atoms with Gasteiger partial charge in [0.15, 0.2) is 0 Å². The molecule has 0 radical (unpaired) electrons. The van der Waals surface area contributed by atoms with Gasteiger partial charge in [0, 0.05) is 10.4 Å². The number of amides is 1. The SMILES string of the molecule is Cc1cc(C)cc(-c2nnc(SCC(=O)N[C@@H](C)c3cccs3)o2)c1. The molecule has 1 amide bonds. The van der Waals surface area contributed by atoms with Crippen LogP contribution in [0.4, 0.5) is 0 Å². The summed E-state index contributed by atoms with van der Waals surface area (Å²) in [5, 5.41) is 13.5. The van der Waals surface area contributed by atoms with Gasteiger partial charge in [0.25, 0.3) is 5.22 Å². The molecule has 0 unspecified atom stereocenters. The van der Waals surface area contributed by atoms with E-state index in [2.05, 4.69) is 21.6 Å². The van der Waals surface area contributed by atoms with E-state index in [1.165, 1.54) is 11.8 Å². The Morgan fingerprint density at radius 1 is 1.28 bits per heavy atom. The van der Waals surface area contributed by atoms with Crippen LogP contribution < -0.4 is 5.32 Å². The Balaban J connectivity index is 1.57. The second-order valence-corrected chi connectivity index (χ2v) is 7.75. The summed E-state index contributed by atoms with van der Waals surface area (Å²) in [4.78, 5) is 13.2.